The standard InChI is InChI=1S/C15H23N3O3/c1-6-16-13-8-7-11(18(20)21)9-12(13)14(19)17(5)10-15(2,3)4/h7-9,16H,6,10H2,1-5H3. The fourth-order valence-corrected chi connectivity index (χ4v) is 2.16. The second-order valence-electron chi connectivity index (χ2n) is 6.24. The molecule has 0 unspecified atom stereocenters. The third-order valence-electron chi connectivity index (χ3n) is 2.87. The number of benzene rings is 1. The lowest BCUT2D eigenvalue weighted by Gasteiger charge is -2.27. The number of nitrogens with zero attached hydrogens (tertiary/aromatic N) is 2. The summed E-state index contributed by atoms with van der Waals surface area (Å²) in [7, 11) is 1.71. The van der Waals surface area contributed by atoms with Gasteiger partial charge in [-0.1, -0.05) is 20.8 Å². The lowest BCUT2D eigenvalue weighted by atomic mass is 9.96. The van der Waals surface area contributed by atoms with Crippen molar-refractivity contribution in [2.75, 3.05) is 25.5 Å². The highest BCUT2D eigenvalue weighted by molar-refractivity contribution is 6.00. The molecule has 0 heterocycles. The normalized spacial score (nSPS) is 11.1. The zero-order chi connectivity index (χ0) is 16.2. The molecule has 21 heavy (non-hydrogen) atoms. The van der Waals surface area contributed by atoms with Crippen molar-refractivity contribution in [1.82, 2.24) is 4.90 Å². The second-order valence-corrected chi connectivity index (χ2v) is 6.24. The number of anilines is 1. The van der Waals surface area contributed by atoms with Crippen molar-refractivity contribution < 1.29 is 9.72 Å². The number of hydrogen-bond acceptors (Lipinski definition) is 4. The van der Waals surface area contributed by atoms with Gasteiger partial charge in [0.2, 0.25) is 0 Å². The molecule has 0 saturated heterocycles. The van der Waals surface area contributed by atoms with E-state index in [4.69, 9.17) is 0 Å². The zero-order valence-electron chi connectivity index (χ0n) is 13.3. The van der Waals surface area contributed by atoms with Crippen molar-refractivity contribution in [3.8, 4) is 0 Å². The molecule has 0 aliphatic rings. The third-order valence-corrected chi connectivity index (χ3v) is 2.87. The molecule has 0 spiro atoms. The summed E-state index contributed by atoms with van der Waals surface area (Å²) < 4.78 is 0. The number of carbonyl (C=O) groups is 1. The highest BCUT2D eigenvalue weighted by atomic mass is 16.6. The Labute approximate surface area is 125 Å². The SMILES string of the molecule is CCNc1ccc([N+](=O)[O-])cc1C(=O)N(C)CC(C)(C)C. The highest BCUT2D eigenvalue weighted by Gasteiger charge is 2.22. The molecule has 1 amide bonds. The molecule has 0 saturated carbocycles. The van der Waals surface area contributed by atoms with Gasteiger partial charge in [-0.15, -0.1) is 0 Å². The summed E-state index contributed by atoms with van der Waals surface area (Å²) in [5, 5.41) is 14.0. The minimum absolute atomic E-state index is 0.0382. The van der Waals surface area contributed by atoms with Crippen LogP contribution < -0.4 is 5.32 Å². The van der Waals surface area contributed by atoms with Gasteiger partial charge in [-0.05, 0) is 18.4 Å². The van der Waals surface area contributed by atoms with Crippen LogP contribution in [-0.2, 0) is 0 Å². The Balaban J connectivity index is 3.15. The molecule has 0 aliphatic carbocycles. The molecule has 1 rings (SSSR count). The number of nitrogens with one attached hydrogen (secondary N) is 1. The number of hydrogen-bond donors (Lipinski definition) is 1. The van der Waals surface area contributed by atoms with Crippen LogP contribution >= 0.6 is 0 Å². The molecule has 0 atom stereocenters. The maximum Gasteiger partial charge on any atom is 0.270 e. The van der Waals surface area contributed by atoms with Crippen molar-refractivity contribution in [2.45, 2.75) is 27.7 Å². The Bertz CT molecular complexity index is 535. The molecule has 0 radical (unpaired) electrons. The van der Waals surface area contributed by atoms with E-state index in [1.54, 1.807) is 18.0 Å². The first-order valence-electron chi connectivity index (χ1n) is 6.93. The van der Waals surface area contributed by atoms with E-state index in [0.717, 1.165) is 0 Å². The van der Waals surface area contributed by atoms with Crippen LogP contribution in [-0.4, -0.2) is 35.9 Å². The Hall–Kier alpha value is -2.11. The van der Waals surface area contributed by atoms with E-state index in [9.17, 15) is 14.9 Å². The molecule has 1 aromatic carbocycles. The quantitative estimate of drug-likeness (QED) is 0.668. The van der Waals surface area contributed by atoms with Gasteiger partial charge < -0.3 is 10.2 Å². The van der Waals surface area contributed by atoms with Crippen LogP contribution in [0.25, 0.3) is 0 Å². The maximum absolute atomic E-state index is 12.6. The summed E-state index contributed by atoms with van der Waals surface area (Å²) in [5.74, 6) is -0.218. The predicted molar refractivity (Wildman–Crippen MR) is 83.7 cm³/mol. The van der Waals surface area contributed by atoms with E-state index < -0.39 is 4.92 Å². The Morgan fingerprint density at radius 3 is 2.48 bits per heavy atom. The van der Waals surface area contributed by atoms with E-state index in [1.807, 2.05) is 27.7 Å². The number of nitro groups is 1. The van der Waals surface area contributed by atoms with E-state index >= 15 is 0 Å². The fraction of sp³-hybridized carbons (Fsp3) is 0.533. The van der Waals surface area contributed by atoms with Crippen LogP contribution in [0.15, 0.2) is 18.2 Å². The Morgan fingerprint density at radius 1 is 1.38 bits per heavy atom. The molecule has 1 N–H and O–H groups in total. The average Bonchev–Trinajstić information content (AvgIpc) is 2.36. The highest BCUT2D eigenvalue weighted by Crippen LogP contribution is 2.24. The smallest absolute Gasteiger partial charge is 0.270 e. The molecule has 1 aromatic rings. The number of carbonyl (C=O) groups excluding carboxylic acids is 1. The van der Waals surface area contributed by atoms with Gasteiger partial charge in [-0.3, -0.25) is 14.9 Å². The molecule has 0 aromatic heterocycles. The largest absolute Gasteiger partial charge is 0.385 e. The van der Waals surface area contributed by atoms with E-state index in [2.05, 4.69) is 5.32 Å². The van der Waals surface area contributed by atoms with Gasteiger partial charge in [0.15, 0.2) is 0 Å². The zero-order valence-corrected chi connectivity index (χ0v) is 13.3. The Kier molecular flexibility index (Phi) is 5.29. The molecule has 0 aliphatic heterocycles. The van der Waals surface area contributed by atoms with Gasteiger partial charge in [0.05, 0.1) is 10.5 Å². The van der Waals surface area contributed by atoms with Gasteiger partial charge in [-0.2, -0.15) is 0 Å². The number of amides is 1. The van der Waals surface area contributed by atoms with Crippen LogP contribution in [0, 0.1) is 15.5 Å². The summed E-state index contributed by atoms with van der Waals surface area (Å²) in [6.07, 6.45) is 0. The maximum atomic E-state index is 12.6. The molecule has 116 valence electrons. The van der Waals surface area contributed by atoms with E-state index in [1.165, 1.54) is 12.1 Å². The number of non-ortho nitro benzene ring substituents is 1. The van der Waals surface area contributed by atoms with Gasteiger partial charge >= 0.3 is 0 Å². The summed E-state index contributed by atoms with van der Waals surface area (Å²) in [6, 6.07) is 4.32. The first-order chi connectivity index (χ1) is 9.65. The second kappa shape index (κ2) is 6.56. The minimum atomic E-state index is -0.490. The monoisotopic (exact) mass is 293 g/mol. The minimum Gasteiger partial charge on any atom is -0.385 e. The van der Waals surface area contributed by atoms with Crippen molar-refractivity contribution >= 4 is 17.3 Å². The van der Waals surface area contributed by atoms with Crippen LogP contribution in [0.2, 0.25) is 0 Å². The molecule has 0 bridgehead atoms. The summed E-state index contributed by atoms with van der Waals surface area (Å²) in [6.45, 7) is 9.23. The van der Waals surface area contributed by atoms with Gasteiger partial charge in [0.25, 0.3) is 11.6 Å². The van der Waals surface area contributed by atoms with E-state index in [0.29, 0.717) is 24.3 Å². The van der Waals surface area contributed by atoms with Crippen molar-refractivity contribution in [2.24, 2.45) is 5.41 Å². The van der Waals surface area contributed by atoms with Crippen LogP contribution in [0.5, 0.6) is 0 Å². The molecule has 6 nitrogen and oxygen atoms in total. The lowest BCUT2D eigenvalue weighted by Crippen LogP contribution is -2.34. The first kappa shape index (κ1) is 16.9. The Morgan fingerprint density at radius 2 is 2.00 bits per heavy atom. The van der Waals surface area contributed by atoms with Gasteiger partial charge in [0, 0.05) is 38.0 Å². The van der Waals surface area contributed by atoms with Crippen molar-refractivity contribution in [3.63, 3.8) is 0 Å². The summed E-state index contributed by atoms with van der Waals surface area (Å²) in [4.78, 5) is 24.6. The van der Waals surface area contributed by atoms with Crippen LogP contribution in [0.3, 0.4) is 0 Å². The molecular formula is C15H23N3O3. The topological polar surface area (TPSA) is 75.5 Å². The average molecular weight is 293 g/mol. The number of rotatable bonds is 5. The van der Waals surface area contributed by atoms with Crippen molar-refractivity contribution in [3.05, 3.63) is 33.9 Å². The predicted octanol–water partition coefficient (Wildman–Crippen LogP) is 3.14. The summed E-state index contributed by atoms with van der Waals surface area (Å²) in [5.41, 5.74) is 0.833. The van der Waals surface area contributed by atoms with Crippen LogP contribution in [0.4, 0.5) is 11.4 Å². The van der Waals surface area contributed by atoms with Crippen LogP contribution in [0.1, 0.15) is 38.1 Å². The molecule has 0 fully saturated rings. The number of nitro benzene ring substituents is 1. The third kappa shape index (κ3) is 4.73. The fourth-order valence-electron chi connectivity index (χ4n) is 2.16. The van der Waals surface area contributed by atoms with Gasteiger partial charge in [-0.25, -0.2) is 0 Å². The van der Waals surface area contributed by atoms with E-state index in [-0.39, 0.29) is 17.0 Å². The van der Waals surface area contributed by atoms with Crippen molar-refractivity contribution in [1.29, 1.82) is 0 Å². The molecular weight excluding hydrogens is 270 g/mol. The summed E-state index contributed by atoms with van der Waals surface area (Å²) >= 11 is 0. The first-order valence-corrected chi connectivity index (χ1v) is 6.93. The lowest BCUT2D eigenvalue weighted by molar-refractivity contribution is -0.384. The van der Waals surface area contributed by atoms with Gasteiger partial charge in [0.1, 0.15) is 0 Å². The molecule has 6 heteroatoms.